The zero-order chi connectivity index (χ0) is 22.6. The van der Waals surface area contributed by atoms with Crippen molar-refractivity contribution >= 4 is 11.9 Å². The summed E-state index contributed by atoms with van der Waals surface area (Å²) < 4.78 is 0. The minimum absolute atomic E-state index is 0.0518. The minimum atomic E-state index is -0.340. The topological polar surface area (TPSA) is 69.6 Å². The third-order valence-corrected chi connectivity index (χ3v) is 6.46. The van der Waals surface area contributed by atoms with Crippen LogP contribution in [0.5, 0.6) is 5.75 Å². The number of rotatable bonds is 6. The Bertz CT molecular complexity index is 1050. The first-order chi connectivity index (χ1) is 15.6. The van der Waals surface area contributed by atoms with E-state index >= 15 is 0 Å². The number of aromatic hydroxyl groups is 1. The van der Waals surface area contributed by atoms with E-state index in [9.17, 15) is 9.90 Å². The van der Waals surface area contributed by atoms with Gasteiger partial charge in [0.25, 0.3) is 5.91 Å². The van der Waals surface area contributed by atoms with Crippen molar-refractivity contribution < 1.29 is 9.90 Å². The predicted octanol–water partition coefficient (Wildman–Crippen LogP) is 4.25. The number of amides is 1. The van der Waals surface area contributed by atoms with Crippen molar-refractivity contribution in [1.82, 2.24) is 14.9 Å². The van der Waals surface area contributed by atoms with Crippen LogP contribution in [0.1, 0.15) is 48.2 Å². The lowest BCUT2D eigenvalue weighted by molar-refractivity contribution is 0.0773. The molecule has 1 saturated heterocycles. The van der Waals surface area contributed by atoms with Crippen LogP contribution in [0.15, 0.2) is 67.0 Å². The van der Waals surface area contributed by atoms with Gasteiger partial charge in [-0.1, -0.05) is 24.3 Å². The predicted molar refractivity (Wildman–Crippen MR) is 126 cm³/mol. The second-order valence-electron chi connectivity index (χ2n) is 8.26. The van der Waals surface area contributed by atoms with E-state index in [1.165, 1.54) is 0 Å². The molecule has 2 heterocycles. The minimum Gasteiger partial charge on any atom is -0.508 e. The molecule has 3 aromatic rings. The fourth-order valence-electron chi connectivity index (χ4n) is 4.75. The summed E-state index contributed by atoms with van der Waals surface area (Å²) in [4.78, 5) is 25.8. The van der Waals surface area contributed by atoms with Gasteiger partial charge in [-0.05, 0) is 68.1 Å². The molecule has 0 spiro atoms. The van der Waals surface area contributed by atoms with E-state index < -0.39 is 0 Å². The van der Waals surface area contributed by atoms with E-state index in [1.54, 1.807) is 18.5 Å². The first-order valence-electron chi connectivity index (χ1n) is 11.3. The van der Waals surface area contributed by atoms with E-state index in [4.69, 9.17) is 0 Å². The number of piperidine rings is 1. The third-order valence-electron chi connectivity index (χ3n) is 6.46. The van der Waals surface area contributed by atoms with Gasteiger partial charge in [-0.25, -0.2) is 9.97 Å². The van der Waals surface area contributed by atoms with Crippen LogP contribution in [0.2, 0.25) is 0 Å². The van der Waals surface area contributed by atoms with Crippen LogP contribution in [0.25, 0.3) is 0 Å². The Balaban J connectivity index is 1.74. The fraction of sp³-hybridized carbons (Fsp3) is 0.346. The van der Waals surface area contributed by atoms with Crippen molar-refractivity contribution in [2.24, 2.45) is 0 Å². The van der Waals surface area contributed by atoms with Crippen LogP contribution in [0, 0.1) is 0 Å². The van der Waals surface area contributed by atoms with Crippen molar-refractivity contribution in [2.75, 3.05) is 31.1 Å². The van der Waals surface area contributed by atoms with Crippen LogP contribution < -0.4 is 4.90 Å². The number of carbonyl (C=O) groups excluding carboxylic acids is 1. The third kappa shape index (κ3) is 4.17. The number of phenolic OH excluding ortho intramolecular Hbond substituents is 1. The highest BCUT2D eigenvalue weighted by Crippen LogP contribution is 2.42. The van der Waals surface area contributed by atoms with Crippen molar-refractivity contribution in [3.63, 3.8) is 0 Å². The van der Waals surface area contributed by atoms with Gasteiger partial charge in [-0.2, -0.15) is 0 Å². The summed E-state index contributed by atoms with van der Waals surface area (Å²) in [7, 11) is 0. The summed E-state index contributed by atoms with van der Waals surface area (Å²) >= 11 is 0. The number of benzene rings is 2. The molecular formula is C26H30N4O2. The molecular weight excluding hydrogens is 400 g/mol. The van der Waals surface area contributed by atoms with Crippen LogP contribution in [-0.4, -0.2) is 52.1 Å². The maximum Gasteiger partial charge on any atom is 0.253 e. The SMILES string of the molecule is CCN(CC)C(=O)c1ccc(C2(c3cccc(O)c3)CCCN(c3ncccn3)C2)cc1. The molecule has 1 amide bonds. The molecule has 1 aliphatic heterocycles. The van der Waals surface area contributed by atoms with Crippen molar-refractivity contribution in [1.29, 1.82) is 0 Å². The molecule has 0 aliphatic carbocycles. The molecule has 1 fully saturated rings. The van der Waals surface area contributed by atoms with Crippen LogP contribution in [0.3, 0.4) is 0 Å². The number of anilines is 1. The molecule has 1 N–H and O–H groups in total. The van der Waals surface area contributed by atoms with Gasteiger partial charge in [0, 0.05) is 49.6 Å². The lowest BCUT2D eigenvalue weighted by atomic mass is 9.69. The Labute approximate surface area is 189 Å². The molecule has 1 aromatic heterocycles. The van der Waals surface area contributed by atoms with Gasteiger partial charge in [-0.15, -0.1) is 0 Å². The lowest BCUT2D eigenvalue weighted by Gasteiger charge is -2.44. The second kappa shape index (κ2) is 9.39. The zero-order valence-electron chi connectivity index (χ0n) is 18.7. The van der Waals surface area contributed by atoms with Gasteiger partial charge in [-0.3, -0.25) is 4.79 Å². The first-order valence-corrected chi connectivity index (χ1v) is 11.3. The highest BCUT2D eigenvalue weighted by atomic mass is 16.3. The lowest BCUT2D eigenvalue weighted by Crippen LogP contribution is -2.47. The summed E-state index contributed by atoms with van der Waals surface area (Å²) in [5.74, 6) is 1.02. The van der Waals surface area contributed by atoms with Gasteiger partial charge in [0.15, 0.2) is 0 Å². The number of aromatic nitrogens is 2. The number of nitrogens with zero attached hydrogens (tertiary/aromatic N) is 4. The maximum absolute atomic E-state index is 12.8. The summed E-state index contributed by atoms with van der Waals surface area (Å²) in [5, 5.41) is 10.2. The summed E-state index contributed by atoms with van der Waals surface area (Å²) in [5.41, 5.74) is 2.54. The van der Waals surface area contributed by atoms with E-state index in [0.29, 0.717) is 31.1 Å². The van der Waals surface area contributed by atoms with Crippen LogP contribution >= 0.6 is 0 Å². The molecule has 6 heteroatoms. The fourth-order valence-corrected chi connectivity index (χ4v) is 4.75. The average molecular weight is 431 g/mol. The number of hydrogen-bond acceptors (Lipinski definition) is 5. The summed E-state index contributed by atoms with van der Waals surface area (Å²) in [6, 6.07) is 17.3. The number of carbonyl (C=O) groups is 1. The molecule has 1 unspecified atom stereocenters. The van der Waals surface area contributed by atoms with Gasteiger partial charge < -0.3 is 14.9 Å². The molecule has 4 rings (SSSR count). The largest absolute Gasteiger partial charge is 0.508 e. The van der Waals surface area contributed by atoms with Gasteiger partial charge in [0.1, 0.15) is 5.75 Å². The molecule has 166 valence electrons. The molecule has 0 radical (unpaired) electrons. The molecule has 2 aromatic carbocycles. The van der Waals surface area contributed by atoms with Crippen molar-refractivity contribution in [3.05, 3.63) is 83.7 Å². The quantitative estimate of drug-likeness (QED) is 0.633. The molecule has 0 bridgehead atoms. The van der Waals surface area contributed by atoms with E-state index in [1.807, 2.05) is 49.1 Å². The standard InChI is InChI=1S/C26H30N4O2/c1-3-29(4-2)24(32)20-10-12-21(13-11-20)26(22-8-5-9-23(31)18-22)14-6-17-30(19-26)25-27-15-7-16-28-25/h5,7-13,15-16,18,31H,3-4,6,14,17,19H2,1-2H3. The number of hydrogen-bond donors (Lipinski definition) is 1. The first kappa shape index (κ1) is 21.8. The Hall–Kier alpha value is -3.41. The van der Waals surface area contributed by atoms with E-state index in [0.717, 1.165) is 30.5 Å². The Morgan fingerprint density at radius 3 is 2.41 bits per heavy atom. The molecule has 1 aliphatic rings. The van der Waals surface area contributed by atoms with Gasteiger partial charge in [0.2, 0.25) is 5.95 Å². The average Bonchev–Trinajstić information content (AvgIpc) is 2.85. The van der Waals surface area contributed by atoms with E-state index in [2.05, 4.69) is 33.1 Å². The maximum atomic E-state index is 12.8. The van der Waals surface area contributed by atoms with Crippen molar-refractivity contribution in [2.45, 2.75) is 32.1 Å². The monoisotopic (exact) mass is 430 g/mol. The summed E-state index contributed by atoms with van der Waals surface area (Å²) in [6.07, 6.45) is 5.43. The van der Waals surface area contributed by atoms with E-state index in [-0.39, 0.29) is 17.1 Å². The Kier molecular flexibility index (Phi) is 6.40. The molecule has 6 nitrogen and oxygen atoms in total. The smallest absolute Gasteiger partial charge is 0.253 e. The van der Waals surface area contributed by atoms with Crippen LogP contribution in [-0.2, 0) is 5.41 Å². The molecule has 32 heavy (non-hydrogen) atoms. The zero-order valence-corrected chi connectivity index (χ0v) is 18.7. The number of phenols is 1. The second-order valence-corrected chi connectivity index (χ2v) is 8.26. The molecule has 0 saturated carbocycles. The van der Waals surface area contributed by atoms with Crippen LogP contribution in [0.4, 0.5) is 5.95 Å². The normalized spacial score (nSPS) is 18.4. The van der Waals surface area contributed by atoms with Gasteiger partial charge in [0.05, 0.1) is 0 Å². The molecule has 1 atom stereocenters. The van der Waals surface area contributed by atoms with Crippen molar-refractivity contribution in [3.8, 4) is 5.75 Å². The summed E-state index contributed by atoms with van der Waals surface area (Å²) in [6.45, 7) is 6.95. The van der Waals surface area contributed by atoms with Gasteiger partial charge >= 0.3 is 0 Å². The highest BCUT2D eigenvalue weighted by Gasteiger charge is 2.40. The Morgan fingerprint density at radius 2 is 1.75 bits per heavy atom. The highest BCUT2D eigenvalue weighted by molar-refractivity contribution is 5.94. The Morgan fingerprint density at radius 1 is 1.03 bits per heavy atom.